The average molecular weight is 308 g/mol. The summed E-state index contributed by atoms with van der Waals surface area (Å²) in [6.45, 7) is 2.02. The van der Waals surface area contributed by atoms with E-state index >= 15 is 0 Å². The summed E-state index contributed by atoms with van der Waals surface area (Å²) < 4.78 is 10.8. The van der Waals surface area contributed by atoms with E-state index in [-0.39, 0.29) is 17.8 Å². The van der Waals surface area contributed by atoms with E-state index in [1.807, 2.05) is 61.5 Å². The van der Waals surface area contributed by atoms with Gasteiger partial charge in [-0.3, -0.25) is 4.79 Å². The molecule has 0 amide bonds. The molecule has 0 spiro atoms. The highest BCUT2D eigenvalue weighted by Crippen LogP contribution is 2.38. The van der Waals surface area contributed by atoms with Crippen molar-refractivity contribution >= 4 is 11.7 Å². The lowest BCUT2D eigenvalue weighted by atomic mass is 9.82. The van der Waals surface area contributed by atoms with E-state index < -0.39 is 0 Å². The van der Waals surface area contributed by atoms with Gasteiger partial charge in [0.1, 0.15) is 11.5 Å². The highest BCUT2D eigenvalue weighted by Gasteiger charge is 2.33. The first kappa shape index (κ1) is 15.3. The van der Waals surface area contributed by atoms with Gasteiger partial charge in [0.25, 0.3) is 0 Å². The van der Waals surface area contributed by atoms with Gasteiger partial charge in [0.15, 0.2) is 0 Å². The van der Waals surface area contributed by atoms with E-state index in [1.165, 1.54) is 0 Å². The monoisotopic (exact) mass is 308 g/mol. The molecule has 0 saturated heterocycles. The molecule has 3 nitrogen and oxygen atoms in total. The summed E-state index contributed by atoms with van der Waals surface area (Å²) >= 11 is 0. The maximum atomic E-state index is 12.4. The van der Waals surface area contributed by atoms with Gasteiger partial charge in [-0.1, -0.05) is 49.4 Å². The van der Waals surface area contributed by atoms with Gasteiger partial charge in [-0.15, -0.1) is 0 Å². The smallest absolute Gasteiger partial charge is 0.315 e. The molecular formula is C20H20O3. The van der Waals surface area contributed by atoms with Crippen LogP contribution in [0.2, 0.25) is 0 Å². The lowest BCUT2D eigenvalue weighted by molar-refractivity contribution is -0.142. The van der Waals surface area contributed by atoms with Crippen LogP contribution in [0.1, 0.15) is 30.4 Å². The van der Waals surface area contributed by atoms with E-state index in [0.717, 1.165) is 23.3 Å². The number of carbonyl (C=O) groups excluding carboxylic acids is 1. The first-order chi connectivity index (χ1) is 11.2. The topological polar surface area (TPSA) is 35.5 Å². The second-order valence-corrected chi connectivity index (χ2v) is 5.63. The molecule has 2 aromatic carbocycles. The van der Waals surface area contributed by atoms with Crippen LogP contribution in [0.4, 0.5) is 0 Å². The molecule has 0 unspecified atom stereocenters. The Balaban J connectivity index is 2.00. The Bertz CT molecular complexity index is 701. The summed E-state index contributed by atoms with van der Waals surface area (Å²) in [5, 5.41) is 0. The Morgan fingerprint density at radius 1 is 1.04 bits per heavy atom. The number of cyclic esters (lactones) is 1. The fourth-order valence-electron chi connectivity index (χ4n) is 2.98. The summed E-state index contributed by atoms with van der Waals surface area (Å²) in [7, 11) is 1.65. The third-order valence-corrected chi connectivity index (χ3v) is 4.28. The quantitative estimate of drug-likeness (QED) is 0.785. The molecule has 1 aliphatic heterocycles. The number of methoxy groups -OCH3 is 1. The van der Waals surface area contributed by atoms with E-state index in [1.54, 1.807) is 7.11 Å². The lowest BCUT2D eigenvalue weighted by Crippen LogP contribution is -2.27. The minimum atomic E-state index is -0.158. The standard InChI is InChI=1S/C20H20O3/c1-3-17-18(14-9-11-16(22-2)12-10-14)13-19(23-20(17)21)15-7-5-4-6-8-15/h4-13,17-18H,3H2,1-2H3/t17-,18-/m1/s1. The normalized spacial score (nSPS) is 20.6. The molecule has 3 heteroatoms. The highest BCUT2D eigenvalue weighted by atomic mass is 16.5. The lowest BCUT2D eigenvalue weighted by Gasteiger charge is -2.28. The molecule has 0 fully saturated rings. The fraction of sp³-hybridized carbons (Fsp3) is 0.250. The van der Waals surface area contributed by atoms with Crippen molar-refractivity contribution in [1.82, 2.24) is 0 Å². The first-order valence-corrected chi connectivity index (χ1v) is 7.85. The predicted octanol–water partition coefficient (Wildman–Crippen LogP) is 4.40. The molecule has 0 radical (unpaired) electrons. The maximum Gasteiger partial charge on any atom is 0.315 e. The molecular weight excluding hydrogens is 288 g/mol. The third-order valence-electron chi connectivity index (χ3n) is 4.28. The molecule has 3 rings (SSSR count). The Hall–Kier alpha value is -2.55. The number of ether oxygens (including phenoxy) is 2. The Kier molecular flexibility index (Phi) is 4.47. The second kappa shape index (κ2) is 6.69. The zero-order valence-corrected chi connectivity index (χ0v) is 13.4. The van der Waals surface area contributed by atoms with Crippen molar-refractivity contribution in [2.45, 2.75) is 19.3 Å². The van der Waals surface area contributed by atoms with Crippen LogP contribution in [0, 0.1) is 5.92 Å². The zero-order valence-electron chi connectivity index (χ0n) is 13.4. The number of hydrogen-bond donors (Lipinski definition) is 0. The van der Waals surface area contributed by atoms with Gasteiger partial charge >= 0.3 is 5.97 Å². The summed E-state index contributed by atoms with van der Waals surface area (Å²) in [6.07, 6.45) is 2.81. The number of allylic oxidation sites excluding steroid dienone is 1. The summed E-state index contributed by atoms with van der Waals surface area (Å²) in [6, 6.07) is 17.6. The third kappa shape index (κ3) is 3.14. The Morgan fingerprint density at radius 2 is 1.74 bits per heavy atom. The molecule has 0 aliphatic carbocycles. The van der Waals surface area contributed by atoms with Gasteiger partial charge in [-0.05, 0) is 30.2 Å². The second-order valence-electron chi connectivity index (χ2n) is 5.63. The van der Waals surface area contributed by atoms with Crippen molar-refractivity contribution in [2.24, 2.45) is 5.92 Å². The molecule has 0 saturated carbocycles. The van der Waals surface area contributed by atoms with Crippen LogP contribution >= 0.6 is 0 Å². The minimum absolute atomic E-state index is 0.0161. The highest BCUT2D eigenvalue weighted by molar-refractivity contribution is 5.84. The van der Waals surface area contributed by atoms with Crippen molar-refractivity contribution in [2.75, 3.05) is 7.11 Å². The average Bonchev–Trinajstić information content (AvgIpc) is 2.62. The molecule has 1 heterocycles. The first-order valence-electron chi connectivity index (χ1n) is 7.85. The number of esters is 1. The van der Waals surface area contributed by atoms with E-state index in [0.29, 0.717) is 5.76 Å². The minimum Gasteiger partial charge on any atom is -0.497 e. The van der Waals surface area contributed by atoms with Crippen LogP contribution in [0.15, 0.2) is 60.7 Å². The van der Waals surface area contributed by atoms with Gasteiger partial charge in [-0.2, -0.15) is 0 Å². The fourth-order valence-corrected chi connectivity index (χ4v) is 2.98. The summed E-state index contributed by atoms with van der Waals surface area (Å²) in [4.78, 5) is 12.4. The number of hydrogen-bond acceptors (Lipinski definition) is 3. The molecule has 0 aromatic heterocycles. The van der Waals surface area contributed by atoms with Crippen LogP contribution in [-0.2, 0) is 9.53 Å². The molecule has 1 aliphatic rings. The van der Waals surface area contributed by atoms with Crippen LogP contribution in [0.25, 0.3) is 5.76 Å². The van der Waals surface area contributed by atoms with Gasteiger partial charge in [0.2, 0.25) is 0 Å². The van der Waals surface area contributed by atoms with Crippen LogP contribution < -0.4 is 4.74 Å². The molecule has 2 aromatic rings. The number of rotatable bonds is 4. The van der Waals surface area contributed by atoms with E-state index in [9.17, 15) is 4.79 Å². The van der Waals surface area contributed by atoms with Crippen molar-refractivity contribution in [3.8, 4) is 5.75 Å². The predicted molar refractivity (Wildman–Crippen MR) is 90.0 cm³/mol. The molecule has 23 heavy (non-hydrogen) atoms. The van der Waals surface area contributed by atoms with Crippen molar-refractivity contribution in [1.29, 1.82) is 0 Å². The van der Waals surface area contributed by atoms with Gasteiger partial charge in [0.05, 0.1) is 13.0 Å². The van der Waals surface area contributed by atoms with Crippen molar-refractivity contribution in [3.63, 3.8) is 0 Å². The molecule has 118 valence electrons. The Labute approximate surface area is 136 Å². The van der Waals surface area contributed by atoms with E-state index in [2.05, 4.69) is 6.08 Å². The van der Waals surface area contributed by atoms with Crippen LogP contribution in [-0.4, -0.2) is 13.1 Å². The number of benzene rings is 2. The van der Waals surface area contributed by atoms with Gasteiger partial charge < -0.3 is 9.47 Å². The maximum absolute atomic E-state index is 12.4. The molecule has 0 bridgehead atoms. The van der Waals surface area contributed by atoms with Crippen molar-refractivity contribution < 1.29 is 14.3 Å². The Morgan fingerprint density at radius 3 is 2.35 bits per heavy atom. The van der Waals surface area contributed by atoms with E-state index in [4.69, 9.17) is 9.47 Å². The van der Waals surface area contributed by atoms with Gasteiger partial charge in [0, 0.05) is 11.5 Å². The van der Waals surface area contributed by atoms with Crippen LogP contribution in [0.5, 0.6) is 5.75 Å². The zero-order chi connectivity index (χ0) is 16.2. The largest absolute Gasteiger partial charge is 0.497 e. The van der Waals surface area contributed by atoms with Crippen molar-refractivity contribution in [3.05, 3.63) is 71.8 Å². The number of carbonyl (C=O) groups is 1. The van der Waals surface area contributed by atoms with Crippen LogP contribution in [0.3, 0.4) is 0 Å². The van der Waals surface area contributed by atoms with Gasteiger partial charge in [-0.25, -0.2) is 0 Å². The summed E-state index contributed by atoms with van der Waals surface area (Å²) in [5.41, 5.74) is 2.02. The SMILES string of the molecule is CC[C@H]1C(=O)OC(c2ccccc2)=C[C@@H]1c1ccc(OC)cc1. The summed E-state index contributed by atoms with van der Waals surface area (Å²) in [5.74, 6) is 1.15. The molecule has 2 atom stereocenters. The molecule has 0 N–H and O–H groups in total.